The van der Waals surface area contributed by atoms with E-state index in [1.807, 2.05) is 17.2 Å². The van der Waals surface area contributed by atoms with E-state index < -0.39 is 0 Å². The molecule has 0 amide bonds. The second-order valence-corrected chi connectivity index (χ2v) is 7.15. The first-order valence-corrected chi connectivity index (χ1v) is 9.76. The van der Waals surface area contributed by atoms with Crippen LogP contribution in [0.15, 0.2) is 60.8 Å². The van der Waals surface area contributed by atoms with Crippen LogP contribution in [0, 0.1) is 0 Å². The fourth-order valence-electron chi connectivity index (χ4n) is 3.89. The van der Waals surface area contributed by atoms with Crippen LogP contribution in [0.2, 0.25) is 0 Å². The van der Waals surface area contributed by atoms with Gasteiger partial charge in [0, 0.05) is 30.9 Å². The Bertz CT molecular complexity index is 962. The van der Waals surface area contributed by atoms with E-state index in [0.717, 1.165) is 37.4 Å². The van der Waals surface area contributed by atoms with Crippen LogP contribution in [0.4, 0.5) is 17.5 Å². The van der Waals surface area contributed by atoms with E-state index in [4.69, 9.17) is 9.82 Å². The van der Waals surface area contributed by atoms with Crippen molar-refractivity contribution >= 4 is 17.5 Å². The molecule has 0 bridgehead atoms. The van der Waals surface area contributed by atoms with E-state index in [2.05, 4.69) is 58.1 Å². The first-order chi connectivity index (χ1) is 13.9. The van der Waals surface area contributed by atoms with Crippen molar-refractivity contribution in [2.75, 3.05) is 23.5 Å². The summed E-state index contributed by atoms with van der Waals surface area (Å²) in [5.74, 6) is 1.35. The molecule has 1 atom stereocenters. The van der Waals surface area contributed by atoms with Crippen molar-refractivity contribution in [3.8, 4) is 0 Å². The van der Waals surface area contributed by atoms with E-state index in [-0.39, 0.29) is 6.04 Å². The summed E-state index contributed by atoms with van der Waals surface area (Å²) in [6.07, 6.45) is 3.76. The molecule has 3 heterocycles. The van der Waals surface area contributed by atoms with Crippen molar-refractivity contribution in [1.29, 1.82) is 0 Å². The summed E-state index contributed by atoms with van der Waals surface area (Å²) in [7, 11) is 0. The number of hydrogen-bond donors (Lipinski definition) is 2. The van der Waals surface area contributed by atoms with Crippen LogP contribution in [-0.2, 0) is 17.8 Å². The molecule has 1 aromatic heterocycles. The number of anilines is 3. The number of benzene rings is 2. The largest absolute Gasteiger partial charge is 0.324 e. The Morgan fingerprint density at radius 1 is 1.07 bits per heavy atom. The van der Waals surface area contributed by atoms with Gasteiger partial charge in [-0.2, -0.15) is 4.98 Å². The predicted molar refractivity (Wildman–Crippen MR) is 109 cm³/mol. The smallest absolute Gasteiger partial charge is 0.229 e. The molecule has 2 aliphatic rings. The molecule has 2 aliphatic heterocycles. The molecule has 6 heteroatoms. The van der Waals surface area contributed by atoms with Crippen LogP contribution < -0.4 is 15.7 Å². The van der Waals surface area contributed by atoms with E-state index in [1.54, 1.807) is 6.20 Å². The lowest BCUT2D eigenvalue weighted by Gasteiger charge is -2.24. The zero-order valence-corrected chi connectivity index (χ0v) is 15.6. The molecule has 1 saturated heterocycles. The number of fused-ring (bicyclic) bond motifs is 1. The van der Waals surface area contributed by atoms with E-state index in [9.17, 15) is 0 Å². The molecule has 0 saturated carbocycles. The van der Waals surface area contributed by atoms with Gasteiger partial charge < -0.3 is 10.6 Å². The van der Waals surface area contributed by atoms with Gasteiger partial charge >= 0.3 is 0 Å². The molecule has 2 N–H and O–H groups in total. The van der Waals surface area contributed by atoms with Gasteiger partial charge in [-0.15, -0.1) is 0 Å². The minimum absolute atomic E-state index is 0.167. The number of aromatic nitrogens is 2. The van der Waals surface area contributed by atoms with Crippen LogP contribution in [-0.4, -0.2) is 23.1 Å². The summed E-state index contributed by atoms with van der Waals surface area (Å²) < 4.78 is 0. The third-order valence-corrected chi connectivity index (χ3v) is 5.30. The van der Waals surface area contributed by atoms with Crippen molar-refractivity contribution in [3.63, 3.8) is 0 Å². The second kappa shape index (κ2) is 7.58. The van der Waals surface area contributed by atoms with Gasteiger partial charge in [0.05, 0.1) is 12.6 Å². The zero-order valence-electron chi connectivity index (χ0n) is 15.6. The molecule has 0 spiro atoms. The fraction of sp³-hybridized carbons (Fsp3) is 0.273. The molecule has 2 aromatic carbocycles. The highest BCUT2D eigenvalue weighted by atomic mass is 16.7. The number of nitrogens with zero attached hydrogens (tertiary/aromatic N) is 3. The van der Waals surface area contributed by atoms with Gasteiger partial charge in [0.1, 0.15) is 0 Å². The molecule has 142 valence electrons. The summed E-state index contributed by atoms with van der Waals surface area (Å²) >= 11 is 0. The zero-order chi connectivity index (χ0) is 18.8. The minimum atomic E-state index is 0.167. The maximum atomic E-state index is 5.89. The number of hydrogen-bond acceptors (Lipinski definition) is 6. The third-order valence-electron chi connectivity index (χ3n) is 5.30. The number of nitrogens with one attached hydrogen (secondary N) is 2. The van der Waals surface area contributed by atoms with Gasteiger partial charge in [-0.25, -0.2) is 10.0 Å². The summed E-state index contributed by atoms with van der Waals surface area (Å²) in [4.78, 5) is 15.0. The van der Waals surface area contributed by atoms with Crippen molar-refractivity contribution in [2.24, 2.45) is 0 Å². The van der Waals surface area contributed by atoms with Crippen LogP contribution in [0.5, 0.6) is 0 Å². The van der Waals surface area contributed by atoms with Crippen molar-refractivity contribution in [1.82, 2.24) is 15.3 Å². The predicted octanol–water partition coefficient (Wildman–Crippen LogP) is 3.75. The molecule has 6 nitrogen and oxygen atoms in total. The monoisotopic (exact) mass is 373 g/mol. The highest BCUT2D eigenvalue weighted by Crippen LogP contribution is 2.34. The fourth-order valence-corrected chi connectivity index (χ4v) is 3.89. The number of hydroxylamine groups is 1. The first-order valence-electron chi connectivity index (χ1n) is 9.76. The maximum absolute atomic E-state index is 5.89. The molecular formula is C22H23N5O. The summed E-state index contributed by atoms with van der Waals surface area (Å²) in [6.45, 7) is 2.65. The van der Waals surface area contributed by atoms with Crippen molar-refractivity contribution in [2.45, 2.75) is 25.4 Å². The standard InChI is InChI=1S/C22H23N5O/c1-2-4-16(5-3-1)20-10-13-28-27(20)21-9-12-24-22(26-21)25-19-7-6-18-15-23-11-8-17(18)14-19/h1-7,9,12,14,20,23H,8,10-11,13,15H2,(H,24,25,26). The molecule has 5 rings (SSSR count). The van der Waals surface area contributed by atoms with Crippen LogP contribution in [0.3, 0.4) is 0 Å². The first kappa shape index (κ1) is 17.2. The van der Waals surface area contributed by atoms with Crippen LogP contribution in [0.25, 0.3) is 0 Å². The lowest BCUT2D eigenvalue weighted by Crippen LogP contribution is -2.23. The van der Waals surface area contributed by atoms with Crippen molar-refractivity contribution in [3.05, 3.63) is 77.5 Å². The SMILES string of the molecule is c1ccc(C2CCON2c2ccnc(Nc3ccc4c(c3)CCNC4)n2)cc1. The average molecular weight is 373 g/mol. The lowest BCUT2D eigenvalue weighted by molar-refractivity contribution is 0.157. The molecule has 1 fully saturated rings. The van der Waals surface area contributed by atoms with Crippen molar-refractivity contribution < 1.29 is 4.84 Å². The van der Waals surface area contributed by atoms with Gasteiger partial charge in [0.25, 0.3) is 0 Å². The maximum Gasteiger partial charge on any atom is 0.229 e. The van der Waals surface area contributed by atoms with E-state index >= 15 is 0 Å². The molecular weight excluding hydrogens is 350 g/mol. The highest BCUT2D eigenvalue weighted by Gasteiger charge is 2.29. The van der Waals surface area contributed by atoms with E-state index in [0.29, 0.717) is 12.6 Å². The molecule has 0 radical (unpaired) electrons. The molecule has 3 aromatic rings. The summed E-state index contributed by atoms with van der Waals surface area (Å²) in [5.41, 5.74) is 4.99. The highest BCUT2D eigenvalue weighted by molar-refractivity contribution is 5.57. The quantitative estimate of drug-likeness (QED) is 0.726. The van der Waals surface area contributed by atoms with Gasteiger partial charge in [-0.3, -0.25) is 4.84 Å². The van der Waals surface area contributed by atoms with Crippen LogP contribution in [0.1, 0.15) is 29.2 Å². The Kier molecular flexibility index (Phi) is 4.64. The Morgan fingerprint density at radius 3 is 2.93 bits per heavy atom. The molecule has 28 heavy (non-hydrogen) atoms. The summed E-state index contributed by atoms with van der Waals surface area (Å²) in [5, 5.41) is 8.65. The minimum Gasteiger partial charge on any atom is -0.324 e. The number of rotatable bonds is 4. The molecule has 0 aliphatic carbocycles. The Balaban J connectivity index is 1.38. The molecule has 1 unspecified atom stereocenters. The second-order valence-electron chi connectivity index (χ2n) is 7.15. The third kappa shape index (κ3) is 3.44. The van der Waals surface area contributed by atoms with Gasteiger partial charge in [0.2, 0.25) is 5.95 Å². The lowest BCUT2D eigenvalue weighted by atomic mass is 10.0. The van der Waals surface area contributed by atoms with E-state index in [1.165, 1.54) is 16.7 Å². The normalized spacial score (nSPS) is 18.7. The van der Waals surface area contributed by atoms with Crippen LogP contribution >= 0.6 is 0 Å². The average Bonchev–Trinajstić information content (AvgIpc) is 3.25. The van der Waals surface area contributed by atoms with Gasteiger partial charge in [0.15, 0.2) is 5.82 Å². The van der Waals surface area contributed by atoms with Gasteiger partial charge in [-0.1, -0.05) is 36.4 Å². The summed E-state index contributed by atoms with van der Waals surface area (Å²) in [6, 6.07) is 18.9. The topological polar surface area (TPSA) is 62.3 Å². The Hall–Kier alpha value is -2.96. The Morgan fingerprint density at radius 2 is 2.00 bits per heavy atom. The Labute approximate surface area is 164 Å². The van der Waals surface area contributed by atoms with Gasteiger partial charge in [-0.05, 0) is 41.8 Å².